The number of hydrogen-bond donors (Lipinski definition) is 0. The average molecular weight is 811 g/mol. The van der Waals surface area contributed by atoms with E-state index >= 15 is 0 Å². The van der Waals surface area contributed by atoms with Crippen molar-refractivity contribution >= 4 is 17.9 Å². The molecule has 0 saturated carbocycles. The highest BCUT2D eigenvalue weighted by atomic mass is 16.6. The normalized spacial score (nSPS) is 12.5. The van der Waals surface area contributed by atoms with Crippen LogP contribution in [-0.4, -0.2) is 37.2 Å². The zero-order chi connectivity index (χ0) is 42.3. The molecule has 0 fully saturated rings. The van der Waals surface area contributed by atoms with E-state index in [2.05, 4.69) is 81.5 Å². The molecule has 1 unspecified atom stereocenters. The summed E-state index contributed by atoms with van der Waals surface area (Å²) in [6.45, 7) is 6.41. The summed E-state index contributed by atoms with van der Waals surface area (Å²) in [6, 6.07) is 0. The Morgan fingerprint density at radius 3 is 1.07 bits per heavy atom. The third-order valence-corrected chi connectivity index (χ3v) is 10.3. The number of allylic oxidation sites excluding steroid dienone is 10. The van der Waals surface area contributed by atoms with Crippen molar-refractivity contribution in [2.75, 3.05) is 13.2 Å². The van der Waals surface area contributed by atoms with Crippen LogP contribution in [0.25, 0.3) is 0 Å². The average Bonchev–Trinajstić information content (AvgIpc) is 3.22. The molecule has 0 saturated heterocycles. The minimum Gasteiger partial charge on any atom is -0.462 e. The van der Waals surface area contributed by atoms with Crippen molar-refractivity contribution in [3.8, 4) is 0 Å². The molecule has 0 radical (unpaired) electrons. The van der Waals surface area contributed by atoms with Crippen molar-refractivity contribution in [3.05, 3.63) is 60.8 Å². The van der Waals surface area contributed by atoms with Gasteiger partial charge in [0.25, 0.3) is 0 Å². The zero-order valence-electron chi connectivity index (χ0n) is 38.0. The van der Waals surface area contributed by atoms with E-state index in [1.165, 1.54) is 83.5 Å². The van der Waals surface area contributed by atoms with Crippen LogP contribution in [0.2, 0.25) is 0 Å². The molecule has 0 heterocycles. The summed E-state index contributed by atoms with van der Waals surface area (Å²) in [7, 11) is 0. The van der Waals surface area contributed by atoms with E-state index in [0.717, 1.165) is 109 Å². The van der Waals surface area contributed by atoms with Gasteiger partial charge in [0.1, 0.15) is 13.2 Å². The molecule has 0 rings (SSSR count). The van der Waals surface area contributed by atoms with Crippen molar-refractivity contribution in [3.63, 3.8) is 0 Å². The fourth-order valence-corrected chi connectivity index (χ4v) is 6.60. The van der Waals surface area contributed by atoms with E-state index in [1.807, 2.05) is 0 Å². The van der Waals surface area contributed by atoms with Gasteiger partial charge in [-0.15, -0.1) is 0 Å². The first-order valence-corrected chi connectivity index (χ1v) is 24.3. The molecular weight excluding hydrogens is 721 g/mol. The third-order valence-electron chi connectivity index (χ3n) is 10.3. The number of carbonyl (C=O) groups is 3. The van der Waals surface area contributed by atoms with E-state index in [4.69, 9.17) is 14.2 Å². The molecule has 1 atom stereocenters. The van der Waals surface area contributed by atoms with Crippen LogP contribution in [0.15, 0.2) is 60.8 Å². The SMILES string of the molecule is CC/C=C\C/C=C\C/C=C\C/C=C\CCCCCCCCCCC(=O)OCC(COC(=O)CCCCCCC)OC(=O)CCCCCCC/C=C\CCCCCCC. The van der Waals surface area contributed by atoms with E-state index < -0.39 is 6.10 Å². The Kier molecular flexibility index (Phi) is 44.5. The molecule has 334 valence electrons. The molecule has 0 aromatic carbocycles. The molecule has 0 aliphatic carbocycles. The van der Waals surface area contributed by atoms with Crippen molar-refractivity contribution < 1.29 is 28.6 Å². The van der Waals surface area contributed by atoms with E-state index in [1.54, 1.807) is 0 Å². The van der Waals surface area contributed by atoms with Crippen LogP contribution in [0.5, 0.6) is 0 Å². The molecule has 0 aliphatic rings. The largest absolute Gasteiger partial charge is 0.462 e. The van der Waals surface area contributed by atoms with Crippen molar-refractivity contribution in [2.24, 2.45) is 0 Å². The van der Waals surface area contributed by atoms with Gasteiger partial charge in [-0.25, -0.2) is 0 Å². The molecule has 0 aromatic rings. The van der Waals surface area contributed by atoms with Crippen LogP contribution in [0, 0.1) is 0 Å². The summed E-state index contributed by atoms with van der Waals surface area (Å²) in [5, 5.41) is 0. The van der Waals surface area contributed by atoms with Crippen LogP contribution in [0.4, 0.5) is 0 Å². The first-order valence-electron chi connectivity index (χ1n) is 24.3. The maximum atomic E-state index is 12.7. The molecule has 58 heavy (non-hydrogen) atoms. The Morgan fingerprint density at radius 1 is 0.362 bits per heavy atom. The molecule has 0 aromatic heterocycles. The smallest absolute Gasteiger partial charge is 0.306 e. The van der Waals surface area contributed by atoms with E-state index in [0.29, 0.717) is 19.3 Å². The fourth-order valence-electron chi connectivity index (χ4n) is 6.60. The minimum atomic E-state index is -0.776. The van der Waals surface area contributed by atoms with Gasteiger partial charge < -0.3 is 14.2 Å². The zero-order valence-corrected chi connectivity index (χ0v) is 38.0. The van der Waals surface area contributed by atoms with Gasteiger partial charge in [-0.05, 0) is 83.5 Å². The van der Waals surface area contributed by atoms with Gasteiger partial charge in [0.05, 0.1) is 0 Å². The second kappa shape index (κ2) is 46.8. The molecule has 0 amide bonds. The van der Waals surface area contributed by atoms with Crippen LogP contribution < -0.4 is 0 Å². The van der Waals surface area contributed by atoms with Crippen molar-refractivity contribution in [1.29, 1.82) is 0 Å². The molecule has 0 bridgehead atoms. The monoisotopic (exact) mass is 811 g/mol. The minimum absolute atomic E-state index is 0.0808. The van der Waals surface area contributed by atoms with Gasteiger partial charge in [-0.3, -0.25) is 14.4 Å². The Labute approximate surface area is 358 Å². The lowest BCUT2D eigenvalue weighted by Gasteiger charge is -2.18. The number of unbranched alkanes of at least 4 members (excludes halogenated alkanes) is 22. The first kappa shape index (κ1) is 55.1. The number of ether oxygens (including phenoxy) is 3. The summed E-state index contributed by atoms with van der Waals surface area (Å²) >= 11 is 0. The van der Waals surface area contributed by atoms with Gasteiger partial charge in [0.2, 0.25) is 0 Å². The van der Waals surface area contributed by atoms with Crippen LogP contribution in [0.3, 0.4) is 0 Å². The number of carbonyl (C=O) groups excluding carboxylic acids is 3. The van der Waals surface area contributed by atoms with Gasteiger partial charge in [0.15, 0.2) is 6.10 Å². The van der Waals surface area contributed by atoms with Gasteiger partial charge >= 0.3 is 17.9 Å². The highest BCUT2D eigenvalue weighted by Crippen LogP contribution is 2.14. The van der Waals surface area contributed by atoms with Crippen molar-refractivity contribution in [1.82, 2.24) is 0 Å². The first-order chi connectivity index (χ1) is 28.5. The molecule has 6 heteroatoms. The van der Waals surface area contributed by atoms with E-state index in [-0.39, 0.29) is 31.1 Å². The molecule has 0 aliphatic heterocycles. The second-order valence-corrected chi connectivity index (χ2v) is 16.0. The predicted octanol–water partition coefficient (Wildman–Crippen LogP) is 15.7. The Balaban J connectivity index is 4.19. The van der Waals surface area contributed by atoms with Gasteiger partial charge in [-0.2, -0.15) is 0 Å². The Hall–Kier alpha value is -2.89. The third kappa shape index (κ3) is 44.2. The van der Waals surface area contributed by atoms with Crippen LogP contribution in [0.1, 0.15) is 233 Å². The van der Waals surface area contributed by atoms with Crippen molar-refractivity contribution in [2.45, 2.75) is 239 Å². The van der Waals surface area contributed by atoms with Crippen LogP contribution in [-0.2, 0) is 28.6 Å². The molecule has 6 nitrogen and oxygen atoms in total. The number of rotatable bonds is 43. The maximum Gasteiger partial charge on any atom is 0.306 e. The summed E-state index contributed by atoms with van der Waals surface area (Å²) in [5.74, 6) is -0.911. The lowest BCUT2D eigenvalue weighted by molar-refractivity contribution is -0.167. The Morgan fingerprint density at radius 2 is 0.672 bits per heavy atom. The number of hydrogen-bond acceptors (Lipinski definition) is 6. The standard InChI is InChI=1S/C52H90O6/c1-4-7-10-13-15-17-19-21-23-24-25-26-27-28-29-31-32-34-36-39-42-45-51(54)57-48-49(47-56-50(53)44-41-38-12-9-6-3)58-52(55)46-43-40-37-35-33-30-22-20-18-16-14-11-8-5-2/h7,10,15,17,20-23,25-26,49H,4-6,8-9,11-14,16,18-19,24,27-48H2,1-3H3/b10-7-,17-15-,22-20-,23-21-,26-25-. The Bertz CT molecular complexity index is 1070. The highest BCUT2D eigenvalue weighted by molar-refractivity contribution is 5.71. The van der Waals surface area contributed by atoms with Crippen LogP contribution >= 0.6 is 0 Å². The summed E-state index contributed by atoms with van der Waals surface area (Å²) in [5.41, 5.74) is 0. The lowest BCUT2D eigenvalue weighted by Crippen LogP contribution is -2.30. The summed E-state index contributed by atoms with van der Waals surface area (Å²) in [6.07, 6.45) is 56.6. The molecule has 0 N–H and O–H groups in total. The van der Waals surface area contributed by atoms with Gasteiger partial charge in [-0.1, -0.05) is 191 Å². The molecule has 0 spiro atoms. The number of esters is 3. The van der Waals surface area contributed by atoms with Gasteiger partial charge in [0, 0.05) is 19.3 Å². The quantitative estimate of drug-likeness (QED) is 0.0264. The fraction of sp³-hybridized carbons (Fsp3) is 0.750. The molecular formula is C52H90O6. The second-order valence-electron chi connectivity index (χ2n) is 16.0. The topological polar surface area (TPSA) is 78.9 Å². The lowest BCUT2D eigenvalue weighted by atomic mass is 10.1. The highest BCUT2D eigenvalue weighted by Gasteiger charge is 2.19. The van der Waals surface area contributed by atoms with E-state index in [9.17, 15) is 14.4 Å². The predicted molar refractivity (Wildman–Crippen MR) is 247 cm³/mol. The maximum absolute atomic E-state index is 12.7. The summed E-state index contributed by atoms with van der Waals surface area (Å²) in [4.78, 5) is 37.6. The summed E-state index contributed by atoms with van der Waals surface area (Å²) < 4.78 is 16.6.